The summed E-state index contributed by atoms with van der Waals surface area (Å²) >= 11 is 0. The van der Waals surface area contributed by atoms with Gasteiger partial charge in [0.15, 0.2) is 11.6 Å². The van der Waals surface area contributed by atoms with Gasteiger partial charge in [-0.25, -0.2) is 4.39 Å². The van der Waals surface area contributed by atoms with E-state index in [4.69, 9.17) is 10.5 Å². The maximum Gasteiger partial charge on any atom is 0.167 e. The van der Waals surface area contributed by atoms with Crippen molar-refractivity contribution >= 4 is 11.4 Å². The zero-order valence-electron chi connectivity index (χ0n) is 13.6. The van der Waals surface area contributed by atoms with Crippen molar-refractivity contribution in [3.05, 3.63) is 17.9 Å². The molecule has 0 aliphatic rings. The smallest absolute Gasteiger partial charge is 0.167 e. The SMILES string of the molecule is CCCOc1cc(NCCCN(C)C(C)C)c(N)cc1F. The van der Waals surface area contributed by atoms with Gasteiger partial charge in [-0.1, -0.05) is 6.92 Å². The second-order valence-corrected chi connectivity index (χ2v) is 5.57. The predicted octanol–water partition coefficient (Wildman–Crippen LogP) is 3.34. The highest BCUT2D eigenvalue weighted by molar-refractivity contribution is 5.68. The molecule has 0 bridgehead atoms. The molecule has 1 rings (SSSR count). The number of ether oxygens (including phenoxy) is 1. The number of benzene rings is 1. The van der Waals surface area contributed by atoms with Gasteiger partial charge in [0.2, 0.25) is 0 Å². The van der Waals surface area contributed by atoms with Crippen LogP contribution in [0.5, 0.6) is 5.75 Å². The van der Waals surface area contributed by atoms with E-state index in [1.807, 2.05) is 6.92 Å². The van der Waals surface area contributed by atoms with E-state index in [0.29, 0.717) is 18.3 Å². The van der Waals surface area contributed by atoms with Gasteiger partial charge in [0.05, 0.1) is 18.0 Å². The molecule has 0 spiro atoms. The van der Waals surface area contributed by atoms with Crippen LogP contribution in [-0.2, 0) is 0 Å². The van der Waals surface area contributed by atoms with E-state index >= 15 is 0 Å². The minimum Gasteiger partial charge on any atom is -0.490 e. The molecule has 0 amide bonds. The molecule has 3 N–H and O–H groups in total. The second kappa shape index (κ2) is 8.72. The molecule has 0 aliphatic carbocycles. The molecule has 5 heteroatoms. The zero-order valence-corrected chi connectivity index (χ0v) is 13.6. The monoisotopic (exact) mass is 297 g/mol. The molecule has 0 saturated heterocycles. The number of nitrogens with two attached hydrogens (primary N) is 1. The van der Waals surface area contributed by atoms with Crippen molar-refractivity contribution in [3.63, 3.8) is 0 Å². The molecule has 0 saturated carbocycles. The molecule has 0 heterocycles. The molecule has 1 aromatic rings. The van der Waals surface area contributed by atoms with Crippen LogP contribution in [0.1, 0.15) is 33.6 Å². The first-order valence-electron chi connectivity index (χ1n) is 7.61. The van der Waals surface area contributed by atoms with Gasteiger partial charge in [0.25, 0.3) is 0 Å². The summed E-state index contributed by atoms with van der Waals surface area (Å²) in [5.41, 5.74) is 6.98. The Balaban J connectivity index is 2.54. The van der Waals surface area contributed by atoms with Crippen LogP contribution < -0.4 is 15.8 Å². The van der Waals surface area contributed by atoms with Crippen LogP contribution in [-0.4, -0.2) is 37.7 Å². The maximum atomic E-state index is 13.7. The minimum atomic E-state index is -0.411. The number of anilines is 2. The normalized spacial score (nSPS) is 11.2. The molecular formula is C16H28FN3O. The highest BCUT2D eigenvalue weighted by atomic mass is 19.1. The molecule has 21 heavy (non-hydrogen) atoms. The van der Waals surface area contributed by atoms with Crippen LogP contribution in [0.4, 0.5) is 15.8 Å². The van der Waals surface area contributed by atoms with Crippen LogP contribution in [0.15, 0.2) is 12.1 Å². The first-order chi connectivity index (χ1) is 9.95. The third kappa shape index (κ3) is 5.79. The highest BCUT2D eigenvalue weighted by Crippen LogP contribution is 2.28. The molecule has 4 nitrogen and oxygen atoms in total. The number of halogens is 1. The number of nitrogens with zero attached hydrogens (tertiary/aromatic N) is 1. The van der Waals surface area contributed by atoms with Crippen LogP contribution in [0, 0.1) is 5.82 Å². The third-order valence-corrected chi connectivity index (χ3v) is 3.45. The number of hydrogen-bond acceptors (Lipinski definition) is 4. The summed E-state index contributed by atoms with van der Waals surface area (Å²) in [7, 11) is 2.10. The van der Waals surface area contributed by atoms with E-state index in [1.165, 1.54) is 6.07 Å². The largest absolute Gasteiger partial charge is 0.490 e. The average Bonchev–Trinajstić information content (AvgIpc) is 2.43. The van der Waals surface area contributed by atoms with Crippen LogP contribution in [0.25, 0.3) is 0 Å². The van der Waals surface area contributed by atoms with Crippen LogP contribution in [0.3, 0.4) is 0 Å². The van der Waals surface area contributed by atoms with Crippen molar-refractivity contribution in [2.75, 3.05) is 37.8 Å². The quantitative estimate of drug-likeness (QED) is 0.542. The summed E-state index contributed by atoms with van der Waals surface area (Å²) in [6.45, 7) is 8.62. The minimum absolute atomic E-state index is 0.257. The third-order valence-electron chi connectivity index (χ3n) is 3.45. The number of rotatable bonds is 9. The van der Waals surface area contributed by atoms with Gasteiger partial charge >= 0.3 is 0 Å². The van der Waals surface area contributed by atoms with E-state index in [2.05, 4.69) is 31.1 Å². The lowest BCUT2D eigenvalue weighted by molar-refractivity contribution is 0.273. The molecule has 0 unspecified atom stereocenters. The lowest BCUT2D eigenvalue weighted by Crippen LogP contribution is -2.28. The molecule has 120 valence electrons. The average molecular weight is 297 g/mol. The standard InChI is InChI=1S/C16H28FN3O/c1-5-9-21-16-11-15(14(18)10-13(16)17)19-7-6-8-20(4)12(2)3/h10-12,19H,5-9,18H2,1-4H3. The molecule has 0 fully saturated rings. The van der Waals surface area contributed by atoms with Crippen molar-refractivity contribution in [3.8, 4) is 5.75 Å². The second-order valence-electron chi connectivity index (χ2n) is 5.57. The number of hydrogen-bond donors (Lipinski definition) is 2. The van der Waals surface area contributed by atoms with E-state index in [0.717, 1.165) is 31.6 Å². The summed E-state index contributed by atoms with van der Waals surface area (Å²) in [5, 5.41) is 3.25. The fourth-order valence-corrected chi connectivity index (χ4v) is 1.85. The summed E-state index contributed by atoms with van der Waals surface area (Å²) < 4.78 is 19.1. The fraction of sp³-hybridized carbons (Fsp3) is 0.625. The van der Waals surface area contributed by atoms with Gasteiger partial charge in [-0.05, 0) is 40.3 Å². The molecular weight excluding hydrogens is 269 g/mol. The Bertz CT molecular complexity index is 438. The Morgan fingerprint density at radius 3 is 2.71 bits per heavy atom. The molecule has 0 aromatic heterocycles. The molecule has 0 radical (unpaired) electrons. The van der Waals surface area contributed by atoms with E-state index in [9.17, 15) is 4.39 Å². The van der Waals surface area contributed by atoms with Gasteiger partial charge in [-0.2, -0.15) is 0 Å². The lowest BCUT2D eigenvalue weighted by Gasteiger charge is -2.21. The van der Waals surface area contributed by atoms with E-state index < -0.39 is 5.82 Å². The first-order valence-corrected chi connectivity index (χ1v) is 7.61. The Kier molecular flexibility index (Phi) is 7.29. The van der Waals surface area contributed by atoms with Crippen LogP contribution >= 0.6 is 0 Å². The summed E-state index contributed by atoms with van der Waals surface area (Å²) in [5.74, 6) is -0.154. The zero-order chi connectivity index (χ0) is 15.8. The number of nitrogen functional groups attached to an aromatic ring is 1. The van der Waals surface area contributed by atoms with E-state index in [1.54, 1.807) is 6.07 Å². The van der Waals surface area contributed by atoms with Crippen molar-refractivity contribution in [1.82, 2.24) is 4.90 Å². The summed E-state index contributed by atoms with van der Waals surface area (Å²) in [6, 6.07) is 3.50. The van der Waals surface area contributed by atoms with Crippen LogP contribution in [0.2, 0.25) is 0 Å². The van der Waals surface area contributed by atoms with Gasteiger partial charge < -0.3 is 20.7 Å². The van der Waals surface area contributed by atoms with Crippen molar-refractivity contribution in [2.45, 2.75) is 39.7 Å². The molecule has 0 atom stereocenters. The fourth-order valence-electron chi connectivity index (χ4n) is 1.85. The Morgan fingerprint density at radius 1 is 1.38 bits per heavy atom. The Morgan fingerprint density at radius 2 is 2.10 bits per heavy atom. The predicted molar refractivity (Wildman–Crippen MR) is 87.5 cm³/mol. The first kappa shape index (κ1) is 17.6. The highest BCUT2D eigenvalue weighted by Gasteiger charge is 2.09. The topological polar surface area (TPSA) is 50.5 Å². The molecule has 1 aromatic carbocycles. The summed E-state index contributed by atoms with van der Waals surface area (Å²) in [4.78, 5) is 2.28. The van der Waals surface area contributed by atoms with Gasteiger partial charge in [0, 0.05) is 24.7 Å². The van der Waals surface area contributed by atoms with E-state index in [-0.39, 0.29) is 5.75 Å². The van der Waals surface area contributed by atoms with Gasteiger partial charge in [-0.15, -0.1) is 0 Å². The Hall–Kier alpha value is -1.49. The maximum absolute atomic E-state index is 13.7. The van der Waals surface area contributed by atoms with Crippen molar-refractivity contribution in [1.29, 1.82) is 0 Å². The van der Waals surface area contributed by atoms with Gasteiger partial charge in [-0.3, -0.25) is 0 Å². The van der Waals surface area contributed by atoms with Gasteiger partial charge in [0.1, 0.15) is 0 Å². The lowest BCUT2D eigenvalue weighted by atomic mass is 10.2. The number of nitrogens with one attached hydrogen (secondary N) is 1. The van der Waals surface area contributed by atoms with Crippen molar-refractivity contribution in [2.24, 2.45) is 0 Å². The summed E-state index contributed by atoms with van der Waals surface area (Å²) in [6.07, 6.45) is 1.84. The van der Waals surface area contributed by atoms with Crippen molar-refractivity contribution < 1.29 is 9.13 Å². The Labute approximate surface area is 127 Å². The molecule has 0 aliphatic heterocycles.